The number of imidazole rings is 1. The van der Waals surface area contributed by atoms with Crippen molar-refractivity contribution >= 4 is 40.3 Å². The third-order valence-corrected chi connectivity index (χ3v) is 4.93. The second-order valence-corrected chi connectivity index (χ2v) is 7.20. The number of nitrogens with one attached hydrogen (secondary N) is 1. The Labute approximate surface area is 185 Å². The minimum atomic E-state index is -0.276. The van der Waals surface area contributed by atoms with Crippen LogP contribution < -0.4 is 15.8 Å². The molecule has 0 atom stereocenters. The molecule has 4 aromatic rings. The number of ether oxygens (including phenoxy) is 1. The first-order valence-corrected chi connectivity index (χ1v) is 9.95. The fourth-order valence-corrected chi connectivity index (χ4v) is 3.37. The zero-order valence-electron chi connectivity index (χ0n) is 18.0. The number of nitrogens with two attached hydrogens (primary N) is 1. The molecule has 3 aromatic carbocycles. The standard InChI is InChI=1S/C24H23FN6O/c1-15(26)27-14-28-19-12-11-18(13-22(19)32-3)29-20-5-4-6-21-23(20)30-24(31(21)2)16-7-9-17(25)10-8-16/h4-14,29H,1-3H3,(H2,26,27,28). The predicted molar refractivity (Wildman–Crippen MR) is 128 cm³/mol. The number of fused-ring (bicyclic) bond motifs is 1. The van der Waals surface area contributed by atoms with E-state index in [1.807, 2.05) is 48.0 Å². The number of hydrogen-bond acceptors (Lipinski definition) is 4. The van der Waals surface area contributed by atoms with Crippen LogP contribution in [0.15, 0.2) is 70.6 Å². The number of halogens is 1. The van der Waals surface area contributed by atoms with E-state index in [1.165, 1.54) is 18.5 Å². The summed E-state index contributed by atoms with van der Waals surface area (Å²) in [5, 5.41) is 3.41. The zero-order valence-corrected chi connectivity index (χ0v) is 18.0. The predicted octanol–water partition coefficient (Wildman–Crippen LogP) is 5.17. The summed E-state index contributed by atoms with van der Waals surface area (Å²) in [7, 11) is 3.53. The minimum absolute atomic E-state index is 0.276. The molecule has 0 amide bonds. The summed E-state index contributed by atoms with van der Waals surface area (Å²) in [6.45, 7) is 1.69. The minimum Gasteiger partial charge on any atom is -0.494 e. The average molecular weight is 430 g/mol. The molecular formula is C24H23FN6O. The highest BCUT2D eigenvalue weighted by molar-refractivity contribution is 5.93. The lowest BCUT2D eigenvalue weighted by atomic mass is 10.2. The molecule has 0 bridgehead atoms. The lowest BCUT2D eigenvalue weighted by Gasteiger charge is -2.10. The van der Waals surface area contributed by atoms with Gasteiger partial charge >= 0.3 is 0 Å². The van der Waals surface area contributed by atoms with Gasteiger partial charge in [0, 0.05) is 24.4 Å². The van der Waals surface area contributed by atoms with Crippen LogP contribution in [-0.2, 0) is 7.05 Å². The number of benzene rings is 3. The Hall–Kier alpha value is -4.20. The Balaban J connectivity index is 1.69. The quantitative estimate of drug-likeness (QED) is 0.326. The van der Waals surface area contributed by atoms with E-state index < -0.39 is 0 Å². The maximum Gasteiger partial charge on any atom is 0.146 e. The van der Waals surface area contributed by atoms with Crippen molar-refractivity contribution in [2.75, 3.05) is 12.4 Å². The smallest absolute Gasteiger partial charge is 0.146 e. The molecule has 0 saturated heterocycles. The third kappa shape index (κ3) is 4.29. The van der Waals surface area contributed by atoms with Gasteiger partial charge in [-0.25, -0.2) is 19.4 Å². The summed E-state index contributed by atoms with van der Waals surface area (Å²) in [6, 6.07) is 17.8. The molecule has 0 spiro atoms. The lowest BCUT2D eigenvalue weighted by Crippen LogP contribution is -2.04. The summed E-state index contributed by atoms with van der Waals surface area (Å²) in [5.41, 5.74) is 10.4. The number of hydrogen-bond donors (Lipinski definition) is 2. The number of anilines is 2. The van der Waals surface area contributed by atoms with Gasteiger partial charge in [-0.15, -0.1) is 0 Å². The van der Waals surface area contributed by atoms with Crippen LogP contribution >= 0.6 is 0 Å². The first-order valence-electron chi connectivity index (χ1n) is 9.95. The van der Waals surface area contributed by atoms with E-state index in [1.54, 1.807) is 26.2 Å². The molecule has 0 unspecified atom stereocenters. The topological polar surface area (TPSA) is 89.8 Å². The maximum atomic E-state index is 13.3. The number of nitrogens with zero attached hydrogens (tertiary/aromatic N) is 4. The van der Waals surface area contributed by atoms with Gasteiger partial charge in [0.15, 0.2) is 0 Å². The largest absolute Gasteiger partial charge is 0.494 e. The Bertz CT molecular complexity index is 1320. The van der Waals surface area contributed by atoms with Crippen molar-refractivity contribution in [3.05, 3.63) is 66.5 Å². The van der Waals surface area contributed by atoms with Crippen molar-refractivity contribution in [1.29, 1.82) is 0 Å². The van der Waals surface area contributed by atoms with E-state index in [0.717, 1.165) is 33.8 Å². The van der Waals surface area contributed by atoms with Gasteiger partial charge in [-0.1, -0.05) is 6.07 Å². The molecule has 0 fully saturated rings. The van der Waals surface area contributed by atoms with Gasteiger partial charge in [-0.05, 0) is 55.5 Å². The highest BCUT2D eigenvalue weighted by Crippen LogP contribution is 2.34. The van der Waals surface area contributed by atoms with Gasteiger partial charge in [0.05, 0.1) is 24.1 Å². The monoisotopic (exact) mass is 430 g/mol. The number of para-hydroxylation sites is 1. The number of aromatic nitrogens is 2. The summed E-state index contributed by atoms with van der Waals surface area (Å²) in [6.07, 6.45) is 1.39. The van der Waals surface area contributed by atoms with E-state index in [4.69, 9.17) is 15.5 Å². The third-order valence-electron chi connectivity index (χ3n) is 4.93. The van der Waals surface area contributed by atoms with Gasteiger partial charge in [-0.2, -0.15) is 0 Å². The Morgan fingerprint density at radius 1 is 1.16 bits per heavy atom. The van der Waals surface area contributed by atoms with Crippen molar-refractivity contribution in [2.45, 2.75) is 6.92 Å². The van der Waals surface area contributed by atoms with Crippen LogP contribution in [0.1, 0.15) is 6.92 Å². The first-order chi connectivity index (χ1) is 15.5. The van der Waals surface area contributed by atoms with Gasteiger partial charge < -0.3 is 20.4 Å². The summed E-state index contributed by atoms with van der Waals surface area (Å²) in [5.74, 6) is 1.50. The Morgan fingerprint density at radius 2 is 1.94 bits per heavy atom. The number of rotatable bonds is 6. The molecule has 1 heterocycles. The maximum absolute atomic E-state index is 13.3. The molecule has 0 radical (unpaired) electrons. The first kappa shape index (κ1) is 21.0. The molecule has 1 aromatic heterocycles. The molecule has 32 heavy (non-hydrogen) atoms. The van der Waals surface area contributed by atoms with Crippen molar-refractivity contribution < 1.29 is 9.13 Å². The van der Waals surface area contributed by atoms with Gasteiger partial charge in [0.25, 0.3) is 0 Å². The van der Waals surface area contributed by atoms with Crippen molar-refractivity contribution in [3.8, 4) is 17.1 Å². The summed E-state index contributed by atoms with van der Waals surface area (Å²) < 4.78 is 20.8. The molecule has 8 heteroatoms. The number of amidine groups is 1. The molecule has 0 saturated carbocycles. The highest BCUT2D eigenvalue weighted by atomic mass is 19.1. The normalized spacial score (nSPS) is 11.9. The van der Waals surface area contributed by atoms with Crippen LogP contribution in [0.4, 0.5) is 21.5 Å². The summed E-state index contributed by atoms with van der Waals surface area (Å²) >= 11 is 0. The Morgan fingerprint density at radius 3 is 2.66 bits per heavy atom. The van der Waals surface area contributed by atoms with E-state index in [2.05, 4.69) is 15.3 Å². The fourth-order valence-electron chi connectivity index (χ4n) is 3.37. The lowest BCUT2D eigenvalue weighted by molar-refractivity contribution is 0.416. The van der Waals surface area contributed by atoms with Crippen molar-refractivity contribution in [3.63, 3.8) is 0 Å². The van der Waals surface area contributed by atoms with Crippen molar-refractivity contribution in [1.82, 2.24) is 9.55 Å². The second kappa shape index (κ2) is 8.89. The van der Waals surface area contributed by atoms with Crippen LogP contribution in [-0.4, -0.2) is 28.8 Å². The average Bonchev–Trinajstić information content (AvgIpc) is 3.12. The molecule has 0 aliphatic carbocycles. The molecular weight excluding hydrogens is 407 g/mol. The molecule has 3 N–H and O–H groups in total. The molecule has 7 nitrogen and oxygen atoms in total. The SMILES string of the molecule is COc1cc(Nc2cccc3c2nc(-c2ccc(F)cc2)n3C)ccc1N=CN=C(C)N. The zero-order chi connectivity index (χ0) is 22.7. The van der Waals surface area contributed by atoms with Gasteiger partial charge in [0.2, 0.25) is 0 Å². The second-order valence-electron chi connectivity index (χ2n) is 7.20. The van der Waals surface area contributed by atoms with E-state index in [-0.39, 0.29) is 5.82 Å². The highest BCUT2D eigenvalue weighted by Gasteiger charge is 2.13. The van der Waals surface area contributed by atoms with Crippen LogP contribution in [0, 0.1) is 5.82 Å². The van der Waals surface area contributed by atoms with Crippen molar-refractivity contribution in [2.24, 2.45) is 22.8 Å². The number of methoxy groups -OCH3 is 1. The van der Waals surface area contributed by atoms with Crippen LogP contribution in [0.3, 0.4) is 0 Å². The van der Waals surface area contributed by atoms with E-state index in [0.29, 0.717) is 17.3 Å². The molecule has 0 aliphatic rings. The van der Waals surface area contributed by atoms with E-state index >= 15 is 0 Å². The molecule has 4 rings (SSSR count). The van der Waals surface area contributed by atoms with Crippen LogP contribution in [0.5, 0.6) is 5.75 Å². The molecule has 0 aliphatic heterocycles. The van der Waals surface area contributed by atoms with E-state index in [9.17, 15) is 4.39 Å². The Kier molecular flexibility index (Phi) is 5.85. The van der Waals surface area contributed by atoms with Gasteiger partial charge in [0.1, 0.15) is 34.9 Å². The fraction of sp³-hybridized carbons (Fsp3) is 0.125. The number of aryl methyl sites for hydroxylation is 1. The summed E-state index contributed by atoms with van der Waals surface area (Å²) in [4.78, 5) is 13.1. The van der Waals surface area contributed by atoms with Crippen LogP contribution in [0.25, 0.3) is 22.4 Å². The van der Waals surface area contributed by atoms with Crippen LogP contribution in [0.2, 0.25) is 0 Å². The van der Waals surface area contributed by atoms with Gasteiger partial charge in [-0.3, -0.25) is 0 Å². The number of aliphatic imine (C=N–C) groups is 2. The molecule has 162 valence electrons.